The molecule has 15 heavy (non-hydrogen) atoms. The third kappa shape index (κ3) is 2.24. The van der Waals surface area contributed by atoms with Crippen LogP contribution in [0.4, 0.5) is 0 Å². The highest BCUT2D eigenvalue weighted by molar-refractivity contribution is 5.87. The van der Waals surface area contributed by atoms with Crippen molar-refractivity contribution in [2.45, 2.75) is 19.4 Å². The van der Waals surface area contributed by atoms with Crippen LogP contribution in [0.25, 0.3) is 0 Å². The Labute approximate surface area is 86.6 Å². The molecular weight excluding hydrogens is 198 g/mol. The fourth-order valence-electron chi connectivity index (χ4n) is 1.16. The molecule has 82 valence electrons. The predicted molar refractivity (Wildman–Crippen MR) is 54.1 cm³/mol. The molecule has 0 fully saturated rings. The Morgan fingerprint density at radius 2 is 2.07 bits per heavy atom. The molecule has 0 radical (unpaired) electrons. The van der Waals surface area contributed by atoms with E-state index < -0.39 is 11.5 Å². The topological polar surface area (TPSA) is 79.5 Å². The molecule has 0 aliphatic heterocycles. The number of carbonyl (C=O) groups is 1. The van der Waals surface area contributed by atoms with Gasteiger partial charge >= 0.3 is 5.97 Å². The highest BCUT2D eigenvalue weighted by Gasteiger charge is 2.20. The molecule has 0 bridgehead atoms. The first kappa shape index (κ1) is 11.5. The van der Waals surface area contributed by atoms with Gasteiger partial charge in [0.05, 0.1) is 17.7 Å². The van der Waals surface area contributed by atoms with Gasteiger partial charge in [-0.1, -0.05) is 0 Å². The first-order chi connectivity index (χ1) is 6.88. The van der Waals surface area contributed by atoms with Crippen LogP contribution in [-0.4, -0.2) is 27.4 Å². The summed E-state index contributed by atoms with van der Waals surface area (Å²) in [4.78, 5) is 22.2. The second-order valence-corrected chi connectivity index (χ2v) is 3.90. The summed E-state index contributed by atoms with van der Waals surface area (Å²) in [6.07, 6.45) is 1.24. The van der Waals surface area contributed by atoms with Crippen LogP contribution in [0.2, 0.25) is 0 Å². The summed E-state index contributed by atoms with van der Waals surface area (Å²) in [5, 5.41) is 17.9. The monoisotopic (exact) mass is 211 g/mol. The molecule has 0 saturated carbocycles. The van der Waals surface area contributed by atoms with Gasteiger partial charge < -0.3 is 14.8 Å². The maximum Gasteiger partial charge on any atom is 0.337 e. The smallest absolute Gasteiger partial charge is 0.337 e. The molecule has 0 amide bonds. The van der Waals surface area contributed by atoms with Gasteiger partial charge in [0, 0.05) is 12.3 Å². The number of rotatable bonds is 3. The van der Waals surface area contributed by atoms with E-state index in [1.807, 2.05) is 0 Å². The highest BCUT2D eigenvalue weighted by atomic mass is 16.4. The van der Waals surface area contributed by atoms with Gasteiger partial charge in [-0.25, -0.2) is 4.79 Å². The zero-order chi connectivity index (χ0) is 11.6. The van der Waals surface area contributed by atoms with Crippen LogP contribution in [0.3, 0.4) is 0 Å². The van der Waals surface area contributed by atoms with Crippen molar-refractivity contribution in [2.24, 2.45) is 0 Å². The minimum atomic E-state index is -1.10. The van der Waals surface area contributed by atoms with Gasteiger partial charge in [-0.15, -0.1) is 0 Å². The Balaban J connectivity index is 3.35. The van der Waals surface area contributed by atoms with Crippen LogP contribution in [0, 0.1) is 0 Å². The number of aliphatic hydroxyl groups excluding tert-OH is 1. The second kappa shape index (κ2) is 3.86. The number of aromatic nitrogens is 1. The summed E-state index contributed by atoms with van der Waals surface area (Å²) in [6, 6.07) is 2.43. The predicted octanol–water partition coefficient (Wildman–Crippen LogP) is 0.274. The lowest BCUT2D eigenvalue weighted by Gasteiger charge is -2.25. The number of hydrogen-bond donors (Lipinski definition) is 2. The van der Waals surface area contributed by atoms with Gasteiger partial charge in [-0.3, -0.25) is 4.79 Å². The maximum atomic E-state index is 11.5. The van der Waals surface area contributed by atoms with Gasteiger partial charge in [0.1, 0.15) is 0 Å². The van der Waals surface area contributed by atoms with E-state index in [0.29, 0.717) is 0 Å². The standard InChI is InChI=1S/C10H13NO4/c1-10(2,6-12)11-5-7(9(14)15)3-4-8(11)13/h3-5,12H,6H2,1-2H3,(H,14,15). The third-order valence-corrected chi connectivity index (χ3v) is 2.20. The molecule has 2 N–H and O–H groups in total. The number of carboxylic acid groups (broad SMARTS) is 1. The van der Waals surface area contributed by atoms with Gasteiger partial charge in [-0.05, 0) is 19.9 Å². The maximum absolute atomic E-state index is 11.5. The van der Waals surface area contributed by atoms with E-state index in [2.05, 4.69) is 0 Å². The van der Waals surface area contributed by atoms with Gasteiger partial charge in [0.2, 0.25) is 0 Å². The van der Waals surface area contributed by atoms with E-state index in [1.54, 1.807) is 13.8 Å². The fourth-order valence-corrected chi connectivity index (χ4v) is 1.16. The first-order valence-corrected chi connectivity index (χ1v) is 4.46. The summed E-state index contributed by atoms with van der Waals surface area (Å²) >= 11 is 0. The molecule has 5 nitrogen and oxygen atoms in total. The molecule has 0 atom stereocenters. The summed E-state index contributed by atoms with van der Waals surface area (Å²) in [6.45, 7) is 3.07. The molecule has 1 rings (SSSR count). The number of hydrogen-bond acceptors (Lipinski definition) is 3. The zero-order valence-corrected chi connectivity index (χ0v) is 8.60. The van der Waals surface area contributed by atoms with Crippen molar-refractivity contribution in [3.8, 4) is 0 Å². The van der Waals surface area contributed by atoms with Crippen molar-refractivity contribution in [1.29, 1.82) is 0 Å². The normalized spacial score (nSPS) is 11.4. The molecule has 1 heterocycles. The Hall–Kier alpha value is -1.62. The largest absolute Gasteiger partial charge is 0.478 e. The van der Waals surface area contributed by atoms with Crippen LogP contribution in [0.5, 0.6) is 0 Å². The Kier molecular flexibility index (Phi) is 2.95. The van der Waals surface area contributed by atoms with E-state index in [-0.39, 0.29) is 17.7 Å². The van der Waals surface area contributed by atoms with E-state index in [0.717, 1.165) is 0 Å². The summed E-state index contributed by atoms with van der Waals surface area (Å²) < 4.78 is 1.22. The third-order valence-electron chi connectivity index (χ3n) is 2.20. The molecule has 5 heteroatoms. The average Bonchev–Trinajstić information content (AvgIpc) is 2.17. The van der Waals surface area contributed by atoms with Crippen LogP contribution < -0.4 is 5.56 Å². The first-order valence-electron chi connectivity index (χ1n) is 4.46. The molecule has 0 saturated heterocycles. The number of pyridine rings is 1. The van der Waals surface area contributed by atoms with Crippen LogP contribution in [-0.2, 0) is 5.54 Å². The van der Waals surface area contributed by atoms with E-state index in [9.17, 15) is 9.59 Å². The van der Waals surface area contributed by atoms with E-state index in [4.69, 9.17) is 10.2 Å². The number of aliphatic hydroxyl groups is 1. The van der Waals surface area contributed by atoms with Crippen molar-refractivity contribution in [3.05, 3.63) is 34.2 Å². The molecule has 0 unspecified atom stereocenters. The van der Waals surface area contributed by atoms with Crippen molar-refractivity contribution in [2.75, 3.05) is 6.61 Å². The fraction of sp³-hybridized carbons (Fsp3) is 0.400. The zero-order valence-electron chi connectivity index (χ0n) is 8.60. The van der Waals surface area contributed by atoms with Crippen molar-refractivity contribution in [1.82, 2.24) is 4.57 Å². The number of nitrogens with zero attached hydrogens (tertiary/aromatic N) is 1. The number of aromatic carboxylic acids is 1. The summed E-state index contributed by atoms with van der Waals surface area (Å²) in [7, 11) is 0. The number of carboxylic acids is 1. The van der Waals surface area contributed by atoms with Crippen LogP contribution in [0.1, 0.15) is 24.2 Å². The Morgan fingerprint density at radius 3 is 2.53 bits per heavy atom. The lowest BCUT2D eigenvalue weighted by atomic mass is 10.1. The average molecular weight is 211 g/mol. The molecule has 1 aromatic heterocycles. The minimum absolute atomic E-state index is 0.0242. The highest BCUT2D eigenvalue weighted by Crippen LogP contribution is 2.11. The Bertz CT molecular complexity index is 433. The van der Waals surface area contributed by atoms with Crippen molar-refractivity contribution in [3.63, 3.8) is 0 Å². The molecule has 0 aromatic carbocycles. The van der Waals surface area contributed by atoms with Crippen molar-refractivity contribution < 1.29 is 15.0 Å². The molecule has 0 aliphatic rings. The van der Waals surface area contributed by atoms with E-state index in [1.165, 1.54) is 22.9 Å². The SMILES string of the molecule is CC(C)(CO)n1cc(C(=O)O)ccc1=O. The van der Waals surface area contributed by atoms with Crippen LogP contribution in [0.15, 0.2) is 23.1 Å². The summed E-state index contributed by atoms with van der Waals surface area (Å²) in [5.41, 5.74) is -1.11. The van der Waals surface area contributed by atoms with Gasteiger partial charge in [-0.2, -0.15) is 0 Å². The molecule has 0 aliphatic carbocycles. The molecular formula is C10H13NO4. The van der Waals surface area contributed by atoms with Crippen molar-refractivity contribution >= 4 is 5.97 Å². The lowest BCUT2D eigenvalue weighted by Crippen LogP contribution is -2.38. The van der Waals surface area contributed by atoms with Gasteiger partial charge in [0.25, 0.3) is 5.56 Å². The summed E-state index contributed by atoms with van der Waals surface area (Å²) in [5.74, 6) is -1.10. The Morgan fingerprint density at radius 1 is 1.47 bits per heavy atom. The molecule has 0 spiro atoms. The second-order valence-electron chi connectivity index (χ2n) is 3.90. The minimum Gasteiger partial charge on any atom is -0.478 e. The molecule has 1 aromatic rings. The van der Waals surface area contributed by atoms with Crippen LogP contribution >= 0.6 is 0 Å². The van der Waals surface area contributed by atoms with Gasteiger partial charge in [0.15, 0.2) is 0 Å². The lowest BCUT2D eigenvalue weighted by molar-refractivity contribution is 0.0694. The van der Waals surface area contributed by atoms with E-state index >= 15 is 0 Å². The quantitative estimate of drug-likeness (QED) is 0.752.